The number of carbonyl (C=O) groups is 4. The molecule has 42 heavy (non-hydrogen) atoms. The Labute approximate surface area is 243 Å². The number of hydrogen-bond acceptors (Lipinski definition) is 12. The first-order chi connectivity index (χ1) is 19.8. The molecule has 2 heterocycles. The highest BCUT2D eigenvalue weighted by Crippen LogP contribution is 2.29. The molecule has 2 aliphatic rings. The van der Waals surface area contributed by atoms with Crippen molar-refractivity contribution in [3.8, 4) is 23.8 Å². The van der Waals surface area contributed by atoms with E-state index in [-0.39, 0.29) is 49.1 Å². The molecule has 0 bridgehead atoms. The number of rotatable bonds is 11. The summed E-state index contributed by atoms with van der Waals surface area (Å²) in [6.07, 6.45) is 0.568. The van der Waals surface area contributed by atoms with Gasteiger partial charge in [0.2, 0.25) is 6.29 Å². The molecule has 13 nitrogen and oxygen atoms in total. The van der Waals surface area contributed by atoms with Gasteiger partial charge in [0, 0.05) is 29.7 Å². The molecule has 0 radical (unpaired) electrons. The average Bonchev–Trinajstić information content (AvgIpc) is 3.27. The Morgan fingerprint density at radius 2 is 1.67 bits per heavy atom. The smallest absolute Gasteiger partial charge is 0.308 e. The molecule has 13 heteroatoms. The van der Waals surface area contributed by atoms with Crippen LogP contribution in [-0.4, -0.2) is 99.4 Å². The zero-order valence-electron chi connectivity index (χ0n) is 23.8. The number of ketones is 1. The van der Waals surface area contributed by atoms with E-state index in [1.165, 1.54) is 24.3 Å². The molecular formula is C29H37NO12. The Morgan fingerprint density at radius 1 is 1.02 bits per heavy atom. The first-order valence-electron chi connectivity index (χ1n) is 13.2. The summed E-state index contributed by atoms with van der Waals surface area (Å²) in [5.41, 5.74) is 0.551. The van der Waals surface area contributed by atoms with Crippen LogP contribution in [0.1, 0.15) is 33.3 Å². The minimum absolute atomic E-state index is 0.0305. The Morgan fingerprint density at radius 3 is 2.21 bits per heavy atom. The summed E-state index contributed by atoms with van der Waals surface area (Å²) in [7, 11) is 0. The van der Waals surface area contributed by atoms with Crippen molar-refractivity contribution in [2.45, 2.75) is 65.0 Å². The molecule has 1 aromatic carbocycles. The number of terminal acetylenes is 1. The van der Waals surface area contributed by atoms with Crippen LogP contribution in [0.2, 0.25) is 0 Å². The fraction of sp³-hybridized carbons (Fsp3) is 0.517. The van der Waals surface area contributed by atoms with Gasteiger partial charge in [-0.3, -0.25) is 24.1 Å². The third-order valence-electron chi connectivity index (χ3n) is 6.15. The van der Waals surface area contributed by atoms with E-state index in [4.69, 9.17) is 25.4 Å². The standard InChI is InChI=1S/C20H26O9.C9H11NO3/c1-4-7-26-14-8-13(6-5-12(14)10-27-19(25)11(2)3)28-20-18(24)17(23)16(22)15(9-21)29-20;1-6(2)7(11)5-10-8(12)3-4-9(10)13/h1,5-6,8,11,15-18,20-24H,7,9-10H2,2-3H3;3-4,6H,5H2,1-2H3/t15-,16-,17+,18-,20-;/m1./s1. The van der Waals surface area contributed by atoms with Gasteiger partial charge in [-0.1, -0.05) is 33.6 Å². The minimum Gasteiger partial charge on any atom is -0.480 e. The number of carbonyl (C=O) groups excluding carboxylic acids is 4. The van der Waals surface area contributed by atoms with Gasteiger partial charge in [0.15, 0.2) is 5.78 Å². The Bertz CT molecular complexity index is 1170. The van der Waals surface area contributed by atoms with E-state index in [0.717, 1.165) is 4.90 Å². The van der Waals surface area contributed by atoms with Gasteiger partial charge in [-0.05, 0) is 12.1 Å². The molecule has 2 amide bonds. The number of hydrogen-bond donors (Lipinski definition) is 4. The van der Waals surface area contributed by atoms with E-state index in [1.807, 2.05) is 0 Å². The summed E-state index contributed by atoms with van der Waals surface area (Å²) < 4.78 is 21.6. The van der Waals surface area contributed by atoms with Gasteiger partial charge in [-0.15, -0.1) is 6.42 Å². The molecule has 3 rings (SSSR count). The lowest BCUT2D eigenvalue weighted by molar-refractivity contribution is -0.277. The second-order valence-corrected chi connectivity index (χ2v) is 10.1. The largest absolute Gasteiger partial charge is 0.480 e. The summed E-state index contributed by atoms with van der Waals surface area (Å²) in [4.78, 5) is 45.9. The Balaban J connectivity index is 0.000000395. The predicted octanol–water partition coefficient (Wildman–Crippen LogP) is -0.287. The molecule has 0 aromatic heterocycles. The van der Waals surface area contributed by atoms with Crippen molar-refractivity contribution < 1.29 is 58.6 Å². The Kier molecular flexibility index (Phi) is 13.1. The Hall–Kier alpha value is -3.80. The van der Waals surface area contributed by atoms with Crippen molar-refractivity contribution in [1.82, 2.24) is 4.90 Å². The van der Waals surface area contributed by atoms with Crippen LogP contribution in [0.5, 0.6) is 11.5 Å². The zero-order valence-corrected chi connectivity index (χ0v) is 23.8. The van der Waals surface area contributed by atoms with Crippen molar-refractivity contribution in [1.29, 1.82) is 0 Å². The number of esters is 1. The summed E-state index contributed by atoms with van der Waals surface area (Å²) in [5, 5.41) is 39.0. The number of aliphatic hydroxyl groups excluding tert-OH is 4. The van der Waals surface area contributed by atoms with E-state index < -0.39 is 49.1 Å². The first-order valence-corrected chi connectivity index (χ1v) is 13.2. The van der Waals surface area contributed by atoms with Gasteiger partial charge in [0.1, 0.15) is 49.1 Å². The number of aliphatic hydroxyl groups is 4. The normalized spacial score (nSPS) is 23.4. The third kappa shape index (κ3) is 9.37. The van der Waals surface area contributed by atoms with Crippen LogP contribution in [0, 0.1) is 24.2 Å². The van der Waals surface area contributed by atoms with Gasteiger partial charge in [-0.25, -0.2) is 0 Å². The maximum Gasteiger partial charge on any atom is 0.308 e. The van der Waals surface area contributed by atoms with Crippen molar-refractivity contribution in [2.75, 3.05) is 19.8 Å². The molecule has 0 unspecified atom stereocenters. The van der Waals surface area contributed by atoms with E-state index in [0.29, 0.717) is 11.3 Å². The van der Waals surface area contributed by atoms with Crippen LogP contribution < -0.4 is 9.47 Å². The van der Waals surface area contributed by atoms with E-state index in [9.17, 15) is 39.6 Å². The number of benzene rings is 1. The topological polar surface area (TPSA) is 189 Å². The highest BCUT2D eigenvalue weighted by Gasteiger charge is 2.44. The monoisotopic (exact) mass is 591 g/mol. The van der Waals surface area contributed by atoms with Gasteiger partial charge < -0.3 is 39.4 Å². The lowest BCUT2D eigenvalue weighted by Crippen LogP contribution is -2.60. The molecule has 0 saturated carbocycles. The van der Waals surface area contributed by atoms with Crippen LogP contribution in [0.15, 0.2) is 30.4 Å². The number of Topliss-reactive ketones (excluding diaryl/α,β-unsaturated/α-hetero) is 1. The van der Waals surface area contributed by atoms with Gasteiger partial charge in [-0.2, -0.15) is 0 Å². The van der Waals surface area contributed by atoms with Gasteiger partial charge in [0.25, 0.3) is 11.8 Å². The molecule has 5 atom stereocenters. The summed E-state index contributed by atoms with van der Waals surface area (Å²) in [6, 6.07) is 4.60. The molecule has 1 fully saturated rings. The predicted molar refractivity (Wildman–Crippen MR) is 146 cm³/mol. The number of nitrogens with zero attached hydrogens (tertiary/aromatic N) is 1. The lowest BCUT2D eigenvalue weighted by Gasteiger charge is -2.39. The number of amides is 2. The summed E-state index contributed by atoms with van der Waals surface area (Å²) in [5.74, 6) is 1.14. The SMILES string of the molecule is C#CCOc1cc(O[C@@H]2O[C@H](CO)[C@@H](O)[C@H](O)[C@H]2O)ccc1COC(=O)C(C)C.CC(C)C(=O)CN1C(=O)C=CC1=O. The molecule has 0 spiro atoms. The number of imide groups is 1. The van der Waals surface area contributed by atoms with Crippen LogP contribution in [0.4, 0.5) is 0 Å². The fourth-order valence-corrected chi connectivity index (χ4v) is 3.52. The molecule has 230 valence electrons. The highest BCUT2D eigenvalue weighted by molar-refractivity contribution is 6.14. The summed E-state index contributed by atoms with van der Waals surface area (Å²) >= 11 is 0. The lowest BCUT2D eigenvalue weighted by atomic mass is 9.99. The summed E-state index contributed by atoms with van der Waals surface area (Å²) in [6.45, 7) is 6.17. The van der Waals surface area contributed by atoms with Crippen molar-refractivity contribution >= 4 is 23.6 Å². The van der Waals surface area contributed by atoms with Crippen molar-refractivity contribution in [3.05, 3.63) is 35.9 Å². The first kappa shape index (κ1) is 34.4. The second kappa shape index (κ2) is 16.0. The molecule has 4 N–H and O–H groups in total. The van der Waals surface area contributed by atoms with E-state index in [1.54, 1.807) is 33.8 Å². The minimum atomic E-state index is -1.56. The van der Waals surface area contributed by atoms with Crippen molar-refractivity contribution in [3.63, 3.8) is 0 Å². The highest BCUT2D eigenvalue weighted by atomic mass is 16.7. The molecule has 0 aliphatic carbocycles. The molecule has 1 saturated heterocycles. The third-order valence-corrected chi connectivity index (χ3v) is 6.15. The zero-order chi connectivity index (χ0) is 31.6. The van der Waals surface area contributed by atoms with E-state index in [2.05, 4.69) is 5.92 Å². The van der Waals surface area contributed by atoms with Gasteiger partial charge in [0.05, 0.1) is 19.1 Å². The maximum absolute atomic E-state index is 11.7. The van der Waals surface area contributed by atoms with Gasteiger partial charge >= 0.3 is 5.97 Å². The van der Waals surface area contributed by atoms with Crippen LogP contribution in [0.25, 0.3) is 0 Å². The van der Waals surface area contributed by atoms with E-state index >= 15 is 0 Å². The van der Waals surface area contributed by atoms with Crippen LogP contribution in [-0.2, 0) is 35.3 Å². The van der Waals surface area contributed by atoms with Crippen LogP contribution >= 0.6 is 0 Å². The van der Waals surface area contributed by atoms with Crippen molar-refractivity contribution in [2.24, 2.45) is 11.8 Å². The molecule has 1 aromatic rings. The molecular weight excluding hydrogens is 554 g/mol. The average molecular weight is 592 g/mol. The second-order valence-electron chi connectivity index (χ2n) is 10.1. The fourth-order valence-electron chi connectivity index (χ4n) is 3.52. The quantitative estimate of drug-likeness (QED) is 0.150. The number of ether oxygens (including phenoxy) is 4. The maximum atomic E-state index is 11.7. The molecule has 2 aliphatic heterocycles. The van der Waals surface area contributed by atoms with Crippen LogP contribution in [0.3, 0.4) is 0 Å².